The zero-order valence-electron chi connectivity index (χ0n) is 11.4. The van der Waals surface area contributed by atoms with Crippen molar-refractivity contribution in [2.45, 2.75) is 55.6 Å². The van der Waals surface area contributed by atoms with Crippen molar-refractivity contribution in [3.63, 3.8) is 0 Å². The molecule has 2 aliphatic rings. The van der Waals surface area contributed by atoms with Gasteiger partial charge in [-0.3, -0.25) is 0 Å². The molecule has 6 heteroatoms. The summed E-state index contributed by atoms with van der Waals surface area (Å²) in [6, 6.07) is 5.01. The third-order valence-electron chi connectivity index (χ3n) is 4.23. The van der Waals surface area contributed by atoms with E-state index in [4.69, 9.17) is 0 Å². The van der Waals surface area contributed by atoms with E-state index in [0.29, 0.717) is 17.6 Å². The number of piperidine rings is 1. The summed E-state index contributed by atoms with van der Waals surface area (Å²) >= 11 is 0. The highest BCUT2D eigenvalue weighted by Crippen LogP contribution is 2.28. The lowest BCUT2D eigenvalue weighted by Gasteiger charge is -2.29. The minimum absolute atomic E-state index is 0.0993. The zero-order chi connectivity index (χ0) is 14.3. The molecule has 2 unspecified atom stereocenters. The van der Waals surface area contributed by atoms with Gasteiger partial charge in [0.05, 0.1) is 0 Å². The Kier molecular flexibility index (Phi) is 3.56. The van der Waals surface area contributed by atoms with E-state index in [-0.39, 0.29) is 10.9 Å². The summed E-state index contributed by atoms with van der Waals surface area (Å²) in [5.41, 5.74) is 0.439. The minimum Gasteiger partial charge on any atom is -0.311 e. The number of rotatable bonds is 3. The predicted molar refractivity (Wildman–Crippen MR) is 74.4 cm³/mol. The summed E-state index contributed by atoms with van der Waals surface area (Å²) in [4.78, 5) is -0.217. The molecule has 0 aromatic heterocycles. The molecule has 2 atom stereocenters. The summed E-state index contributed by atoms with van der Waals surface area (Å²) in [6.45, 7) is 1.61. The van der Waals surface area contributed by atoms with Crippen molar-refractivity contribution in [1.29, 1.82) is 0 Å². The first-order valence-electron chi connectivity index (χ1n) is 6.99. The Morgan fingerprint density at radius 1 is 1.25 bits per heavy atom. The number of fused-ring (bicyclic) bond motifs is 2. The SMILES string of the molecule is Cc1cccc(F)c1S(=O)(=O)NC1CC2CCC(C1)N2. The molecule has 2 bridgehead atoms. The summed E-state index contributed by atoms with van der Waals surface area (Å²) in [7, 11) is -3.79. The first kappa shape index (κ1) is 14.0. The van der Waals surface area contributed by atoms with Crippen molar-refractivity contribution in [2.75, 3.05) is 0 Å². The third-order valence-corrected chi connectivity index (χ3v) is 5.93. The summed E-state index contributed by atoms with van der Waals surface area (Å²) in [5.74, 6) is -0.686. The zero-order valence-corrected chi connectivity index (χ0v) is 12.2. The van der Waals surface area contributed by atoms with Crippen molar-refractivity contribution < 1.29 is 12.8 Å². The van der Waals surface area contributed by atoms with Crippen LogP contribution >= 0.6 is 0 Å². The summed E-state index contributed by atoms with van der Waals surface area (Å²) in [6.07, 6.45) is 3.76. The molecule has 0 amide bonds. The second-order valence-corrected chi connectivity index (χ2v) is 7.46. The highest BCUT2D eigenvalue weighted by molar-refractivity contribution is 7.89. The lowest BCUT2D eigenvalue weighted by atomic mass is 10.0. The van der Waals surface area contributed by atoms with Crippen molar-refractivity contribution in [3.8, 4) is 0 Å². The molecular weight excluding hydrogens is 279 g/mol. The first-order chi connectivity index (χ1) is 9.45. The molecule has 2 aliphatic heterocycles. The second-order valence-electron chi connectivity index (χ2n) is 5.81. The Bertz CT molecular complexity index is 585. The van der Waals surface area contributed by atoms with Crippen LogP contribution in [-0.4, -0.2) is 26.5 Å². The summed E-state index contributed by atoms with van der Waals surface area (Å²) in [5, 5.41) is 3.46. The van der Waals surface area contributed by atoms with E-state index in [1.54, 1.807) is 13.0 Å². The number of aryl methyl sites for hydroxylation is 1. The van der Waals surface area contributed by atoms with Crippen LogP contribution in [-0.2, 0) is 10.0 Å². The van der Waals surface area contributed by atoms with Crippen LogP contribution in [0.4, 0.5) is 4.39 Å². The lowest BCUT2D eigenvalue weighted by molar-refractivity contribution is 0.345. The fourth-order valence-corrected chi connectivity index (χ4v) is 4.95. The van der Waals surface area contributed by atoms with Crippen molar-refractivity contribution in [2.24, 2.45) is 0 Å². The van der Waals surface area contributed by atoms with Gasteiger partial charge in [-0.25, -0.2) is 17.5 Å². The molecule has 2 saturated heterocycles. The van der Waals surface area contributed by atoms with Crippen LogP contribution in [0.1, 0.15) is 31.2 Å². The van der Waals surface area contributed by atoms with Gasteiger partial charge in [-0.2, -0.15) is 0 Å². The molecule has 4 nitrogen and oxygen atoms in total. The van der Waals surface area contributed by atoms with Gasteiger partial charge in [0.2, 0.25) is 10.0 Å². The largest absolute Gasteiger partial charge is 0.311 e. The van der Waals surface area contributed by atoms with Gasteiger partial charge in [0.1, 0.15) is 10.7 Å². The van der Waals surface area contributed by atoms with E-state index in [0.717, 1.165) is 25.7 Å². The minimum atomic E-state index is -3.79. The molecule has 2 heterocycles. The van der Waals surface area contributed by atoms with E-state index in [1.165, 1.54) is 12.1 Å². The standard InChI is InChI=1S/C14H19FN2O2S/c1-9-3-2-4-13(15)14(9)20(18,19)17-12-7-10-5-6-11(8-12)16-10/h2-4,10-12,16-17H,5-8H2,1H3. The van der Waals surface area contributed by atoms with Gasteiger partial charge in [-0.15, -0.1) is 0 Å². The highest BCUT2D eigenvalue weighted by Gasteiger charge is 2.36. The number of benzene rings is 1. The Hall–Kier alpha value is -0.980. The van der Waals surface area contributed by atoms with Crippen LogP contribution in [0, 0.1) is 12.7 Å². The smallest absolute Gasteiger partial charge is 0.243 e. The quantitative estimate of drug-likeness (QED) is 0.893. The van der Waals surface area contributed by atoms with Gasteiger partial charge >= 0.3 is 0 Å². The van der Waals surface area contributed by atoms with Gasteiger partial charge in [-0.05, 0) is 44.2 Å². The topological polar surface area (TPSA) is 58.2 Å². The van der Waals surface area contributed by atoms with E-state index < -0.39 is 15.8 Å². The monoisotopic (exact) mass is 298 g/mol. The lowest BCUT2D eigenvalue weighted by Crippen LogP contribution is -2.48. The Labute approximate surface area is 118 Å². The van der Waals surface area contributed by atoms with Gasteiger partial charge in [-0.1, -0.05) is 12.1 Å². The molecule has 0 radical (unpaired) electrons. The normalized spacial score (nSPS) is 29.6. The molecule has 110 valence electrons. The molecular formula is C14H19FN2O2S. The molecule has 20 heavy (non-hydrogen) atoms. The average molecular weight is 298 g/mol. The number of halogens is 1. The molecule has 2 N–H and O–H groups in total. The Balaban J connectivity index is 1.82. The van der Waals surface area contributed by atoms with Gasteiger partial charge in [0, 0.05) is 18.1 Å². The summed E-state index contributed by atoms with van der Waals surface area (Å²) < 4.78 is 41.3. The van der Waals surface area contributed by atoms with Crippen LogP contribution < -0.4 is 10.0 Å². The molecule has 1 aromatic carbocycles. The van der Waals surface area contributed by atoms with Crippen LogP contribution in [0.3, 0.4) is 0 Å². The Morgan fingerprint density at radius 2 is 1.90 bits per heavy atom. The van der Waals surface area contributed by atoms with Crippen LogP contribution in [0.25, 0.3) is 0 Å². The van der Waals surface area contributed by atoms with Crippen LogP contribution in [0.2, 0.25) is 0 Å². The van der Waals surface area contributed by atoms with E-state index in [2.05, 4.69) is 10.0 Å². The fourth-order valence-electron chi connectivity index (χ4n) is 3.39. The Morgan fingerprint density at radius 3 is 2.50 bits per heavy atom. The fraction of sp³-hybridized carbons (Fsp3) is 0.571. The molecule has 3 rings (SSSR count). The van der Waals surface area contributed by atoms with Crippen LogP contribution in [0.15, 0.2) is 23.1 Å². The van der Waals surface area contributed by atoms with E-state index in [9.17, 15) is 12.8 Å². The maximum Gasteiger partial charge on any atom is 0.243 e. The van der Waals surface area contributed by atoms with Gasteiger partial charge in [0.25, 0.3) is 0 Å². The van der Waals surface area contributed by atoms with Gasteiger partial charge in [0.15, 0.2) is 0 Å². The maximum atomic E-state index is 13.8. The van der Waals surface area contributed by atoms with E-state index >= 15 is 0 Å². The van der Waals surface area contributed by atoms with Crippen molar-refractivity contribution in [1.82, 2.24) is 10.0 Å². The molecule has 0 saturated carbocycles. The second kappa shape index (κ2) is 5.09. The molecule has 2 fully saturated rings. The molecule has 0 aliphatic carbocycles. The molecule has 0 spiro atoms. The number of hydrogen-bond acceptors (Lipinski definition) is 3. The molecule has 1 aromatic rings. The number of nitrogens with one attached hydrogen (secondary N) is 2. The first-order valence-corrected chi connectivity index (χ1v) is 8.47. The van der Waals surface area contributed by atoms with E-state index in [1.807, 2.05) is 0 Å². The average Bonchev–Trinajstić information content (AvgIpc) is 2.67. The number of hydrogen-bond donors (Lipinski definition) is 2. The van der Waals surface area contributed by atoms with Crippen molar-refractivity contribution >= 4 is 10.0 Å². The van der Waals surface area contributed by atoms with Gasteiger partial charge < -0.3 is 5.32 Å². The highest BCUT2D eigenvalue weighted by atomic mass is 32.2. The third kappa shape index (κ3) is 2.60. The van der Waals surface area contributed by atoms with Crippen molar-refractivity contribution in [3.05, 3.63) is 29.6 Å². The predicted octanol–water partition coefficient (Wildman–Crippen LogP) is 1.70. The van der Waals surface area contributed by atoms with Crippen LogP contribution in [0.5, 0.6) is 0 Å². The maximum absolute atomic E-state index is 13.8. The number of sulfonamides is 1.